The lowest BCUT2D eigenvalue weighted by atomic mass is 9.86. The topological polar surface area (TPSA) is 95.3 Å². The third-order valence-corrected chi connectivity index (χ3v) is 7.71. The van der Waals surface area contributed by atoms with Gasteiger partial charge in [-0.2, -0.15) is 0 Å². The van der Waals surface area contributed by atoms with Gasteiger partial charge in [0.15, 0.2) is 28.8 Å². The molecule has 0 saturated carbocycles. The number of anilines is 3. The highest BCUT2D eigenvalue weighted by Gasteiger charge is 2.41. The van der Waals surface area contributed by atoms with Crippen molar-refractivity contribution in [3.05, 3.63) is 59.7 Å². The van der Waals surface area contributed by atoms with Gasteiger partial charge in [0.05, 0.1) is 35.5 Å². The molecule has 37 heavy (non-hydrogen) atoms. The van der Waals surface area contributed by atoms with Crippen LogP contribution in [0.25, 0.3) is 22.2 Å². The molecule has 8 rings (SSSR count). The van der Waals surface area contributed by atoms with Gasteiger partial charge >= 0.3 is 0 Å². The van der Waals surface area contributed by atoms with Gasteiger partial charge in [0, 0.05) is 48.8 Å². The van der Waals surface area contributed by atoms with Crippen molar-refractivity contribution < 1.29 is 28.3 Å². The van der Waals surface area contributed by atoms with Gasteiger partial charge in [0.1, 0.15) is 5.52 Å². The van der Waals surface area contributed by atoms with Gasteiger partial charge < -0.3 is 33.7 Å². The maximum Gasteiger partial charge on any atom is 0.231 e. The summed E-state index contributed by atoms with van der Waals surface area (Å²) in [6.07, 6.45) is 1.52. The Balaban J connectivity index is 1.28. The van der Waals surface area contributed by atoms with Gasteiger partial charge in [-0.1, -0.05) is 29.4 Å². The first-order chi connectivity index (χ1) is 18.2. The number of carbonyl (C=O) groups excluding carboxylic acids is 1. The van der Waals surface area contributed by atoms with Crippen LogP contribution >= 0.6 is 0 Å². The van der Waals surface area contributed by atoms with Crippen LogP contribution in [0.3, 0.4) is 0 Å². The summed E-state index contributed by atoms with van der Waals surface area (Å²) < 4.78 is 28.8. The first-order valence-electron chi connectivity index (χ1n) is 12.5. The number of fused-ring (bicyclic) bond motifs is 3. The standard InChI is InChI=1S/C28H23N3O6/c32-26-17-3-1-2-4-18(17)27-24-23(26)19(29-16-5-6-21-22(13-16)34-15-33-21)14-20(25(24)30-37-27)31-9-7-28(8-10-31)35-11-12-36-28/h1-6,13-14,29H,7-12,15H2. The molecule has 4 aromatic rings. The first-order valence-corrected chi connectivity index (χ1v) is 12.5. The summed E-state index contributed by atoms with van der Waals surface area (Å²) in [5.41, 5.74) is 5.01. The molecule has 9 nitrogen and oxygen atoms in total. The van der Waals surface area contributed by atoms with Crippen molar-refractivity contribution in [2.24, 2.45) is 0 Å². The summed E-state index contributed by atoms with van der Waals surface area (Å²) in [6.45, 7) is 2.95. The molecular formula is C28H23N3O6. The fraction of sp³-hybridized carbons (Fsp3) is 0.286. The molecule has 1 aromatic heterocycles. The van der Waals surface area contributed by atoms with E-state index < -0.39 is 5.79 Å². The Hall–Kier alpha value is -4.08. The molecule has 1 spiro atoms. The third kappa shape index (κ3) is 3.11. The number of ketones is 1. The van der Waals surface area contributed by atoms with Crippen molar-refractivity contribution in [1.82, 2.24) is 5.16 Å². The lowest BCUT2D eigenvalue weighted by Gasteiger charge is -2.39. The second kappa shape index (κ2) is 7.71. The van der Waals surface area contributed by atoms with Crippen LogP contribution in [0.15, 0.2) is 53.1 Å². The molecule has 9 heteroatoms. The molecule has 1 aliphatic carbocycles. The lowest BCUT2D eigenvalue weighted by molar-refractivity contribution is -0.169. The van der Waals surface area contributed by atoms with Gasteiger partial charge in [0.25, 0.3) is 0 Å². The number of hydrogen-bond acceptors (Lipinski definition) is 9. The second-order valence-corrected chi connectivity index (χ2v) is 9.72. The number of rotatable bonds is 3. The first kappa shape index (κ1) is 21.0. The highest BCUT2D eigenvalue weighted by molar-refractivity contribution is 6.28. The van der Waals surface area contributed by atoms with Crippen LogP contribution in [0.1, 0.15) is 28.8 Å². The maximum absolute atomic E-state index is 13.8. The third-order valence-electron chi connectivity index (χ3n) is 7.71. The van der Waals surface area contributed by atoms with Crippen LogP contribution in [0.5, 0.6) is 11.5 Å². The molecular weight excluding hydrogens is 474 g/mol. The molecule has 4 aliphatic rings. The SMILES string of the molecule is O=C1c2ccccc2-c2onc3c(N4CCC5(CC4)OCCO5)cc(Nc4ccc5c(c4)OCO5)c1c23. The number of aromatic nitrogens is 1. The van der Waals surface area contributed by atoms with E-state index in [1.807, 2.05) is 48.5 Å². The summed E-state index contributed by atoms with van der Waals surface area (Å²) in [6, 6.07) is 15.2. The molecule has 3 aromatic carbocycles. The van der Waals surface area contributed by atoms with E-state index in [0.29, 0.717) is 52.8 Å². The molecule has 1 N–H and O–H groups in total. The van der Waals surface area contributed by atoms with E-state index in [9.17, 15) is 4.79 Å². The number of hydrogen-bond donors (Lipinski definition) is 1. The number of nitrogens with one attached hydrogen (secondary N) is 1. The summed E-state index contributed by atoms with van der Waals surface area (Å²) >= 11 is 0. The smallest absolute Gasteiger partial charge is 0.231 e. The average Bonchev–Trinajstić information content (AvgIpc) is 3.68. The molecule has 2 saturated heterocycles. The zero-order valence-electron chi connectivity index (χ0n) is 19.9. The fourth-order valence-electron chi connectivity index (χ4n) is 5.89. The maximum atomic E-state index is 13.8. The molecule has 4 heterocycles. The van der Waals surface area contributed by atoms with Gasteiger partial charge in [-0.3, -0.25) is 4.79 Å². The molecule has 0 amide bonds. The van der Waals surface area contributed by atoms with E-state index in [0.717, 1.165) is 48.3 Å². The summed E-state index contributed by atoms with van der Waals surface area (Å²) in [4.78, 5) is 16.1. The molecule has 2 fully saturated rings. The summed E-state index contributed by atoms with van der Waals surface area (Å²) in [5, 5.41) is 8.71. The molecule has 0 bridgehead atoms. The number of carbonyl (C=O) groups is 1. The summed E-state index contributed by atoms with van der Waals surface area (Å²) in [7, 11) is 0. The minimum absolute atomic E-state index is 0.0588. The van der Waals surface area contributed by atoms with Crippen LogP contribution in [-0.4, -0.2) is 49.8 Å². The van der Waals surface area contributed by atoms with Crippen LogP contribution in [0.2, 0.25) is 0 Å². The molecule has 186 valence electrons. The number of benzene rings is 3. The van der Waals surface area contributed by atoms with Gasteiger partial charge in [-0.15, -0.1) is 0 Å². The number of ether oxygens (including phenoxy) is 4. The Morgan fingerprint density at radius 2 is 1.70 bits per heavy atom. The highest BCUT2D eigenvalue weighted by Crippen LogP contribution is 2.47. The Morgan fingerprint density at radius 3 is 2.54 bits per heavy atom. The Bertz CT molecular complexity index is 1580. The zero-order valence-corrected chi connectivity index (χ0v) is 19.9. The quantitative estimate of drug-likeness (QED) is 0.375. The van der Waals surface area contributed by atoms with Gasteiger partial charge in [-0.05, 0) is 18.2 Å². The number of nitrogens with zero attached hydrogens (tertiary/aromatic N) is 2. The highest BCUT2D eigenvalue weighted by atomic mass is 16.7. The average molecular weight is 498 g/mol. The van der Waals surface area contributed by atoms with E-state index in [2.05, 4.69) is 15.4 Å². The minimum atomic E-state index is -0.488. The van der Waals surface area contributed by atoms with E-state index in [1.165, 1.54) is 0 Å². The zero-order chi connectivity index (χ0) is 24.6. The van der Waals surface area contributed by atoms with Crippen LogP contribution in [0, 0.1) is 0 Å². The van der Waals surface area contributed by atoms with Crippen molar-refractivity contribution in [2.45, 2.75) is 18.6 Å². The minimum Gasteiger partial charge on any atom is -0.454 e. The van der Waals surface area contributed by atoms with Crippen molar-refractivity contribution in [1.29, 1.82) is 0 Å². The molecule has 0 radical (unpaired) electrons. The van der Waals surface area contributed by atoms with E-state index in [1.54, 1.807) is 0 Å². The summed E-state index contributed by atoms with van der Waals surface area (Å²) in [5.74, 6) is 1.44. The van der Waals surface area contributed by atoms with E-state index in [4.69, 9.17) is 23.5 Å². The second-order valence-electron chi connectivity index (χ2n) is 9.72. The molecule has 3 aliphatic heterocycles. The van der Waals surface area contributed by atoms with Gasteiger partial charge in [-0.25, -0.2) is 0 Å². The molecule has 0 atom stereocenters. The largest absolute Gasteiger partial charge is 0.454 e. The Morgan fingerprint density at radius 1 is 0.919 bits per heavy atom. The predicted octanol–water partition coefficient (Wildman–Crippen LogP) is 4.85. The Labute approximate surface area is 211 Å². The van der Waals surface area contributed by atoms with E-state index >= 15 is 0 Å². The van der Waals surface area contributed by atoms with Crippen LogP contribution < -0.4 is 19.7 Å². The van der Waals surface area contributed by atoms with Crippen molar-refractivity contribution in [2.75, 3.05) is 43.3 Å². The van der Waals surface area contributed by atoms with Crippen molar-refractivity contribution >= 4 is 33.7 Å². The van der Waals surface area contributed by atoms with Crippen LogP contribution in [0.4, 0.5) is 17.1 Å². The Kier molecular flexibility index (Phi) is 4.38. The van der Waals surface area contributed by atoms with Crippen molar-refractivity contribution in [3.63, 3.8) is 0 Å². The predicted molar refractivity (Wildman–Crippen MR) is 135 cm³/mol. The number of piperidine rings is 1. The molecule has 0 unspecified atom stereocenters. The van der Waals surface area contributed by atoms with Gasteiger partial charge in [0.2, 0.25) is 6.79 Å². The lowest BCUT2D eigenvalue weighted by Crippen LogP contribution is -2.45. The normalized spacial score (nSPS) is 19.0. The van der Waals surface area contributed by atoms with Crippen molar-refractivity contribution in [3.8, 4) is 22.8 Å². The van der Waals surface area contributed by atoms with E-state index in [-0.39, 0.29) is 12.6 Å². The monoisotopic (exact) mass is 497 g/mol. The van der Waals surface area contributed by atoms with Crippen LogP contribution in [-0.2, 0) is 9.47 Å². The fourth-order valence-corrected chi connectivity index (χ4v) is 5.89.